The summed E-state index contributed by atoms with van der Waals surface area (Å²) in [5.74, 6) is 1.12. The quantitative estimate of drug-likeness (QED) is 0.766. The van der Waals surface area contributed by atoms with Gasteiger partial charge in [0.1, 0.15) is 0 Å². The van der Waals surface area contributed by atoms with Crippen molar-refractivity contribution in [1.82, 2.24) is 5.32 Å². The Morgan fingerprint density at radius 3 is 2.39 bits per heavy atom. The molecule has 2 aliphatic carbocycles. The van der Waals surface area contributed by atoms with Crippen LogP contribution in [0.5, 0.6) is 0 Å². The molecular weight excluding hydrogens is 226 g/mol. The van der Waals surface area contributed by atoms with Crippen LogP contribution in [0.3, 0.4) is 0 Å². The number of carbonyl (C=O) groups is 1. The van der Waals surface area contributed by atoms with Gasteiger partial charge in [-0.15, -0.1) is 0 Å². The second-order valence-corrected chi connectivity index (χ2v) is 5.96. The zero-order chi connectivity index (χ0) is 12.8. The molecule has 0 aromatic carbocycles. The summed E-state index contributed by atoms with van der Waals surface area (Å²) < 4.78 is 4.81. The van der Waals surface area contributed by atoms with Crippen molar-refractivity contribution in [3.63, 3.8) is 0 Å². The van der Waals surface area contributed by atoms with Crippen molar-refractivity contribution in [3.05, 3.63) is 0 Å². The van der Waals surface area contributed by atoms with E-state index in [0.717, 1.165) is 38.1 Å². The zero-order valence-corrected chi connectivity index (χ0v) is 11.6. The van der Waals surface area contributed by atoms with E-state index < -0.39 is 0 Å². The Balaban J connectivity index is 1.57. The van der Waals surface area contributed by atoms with Crippen molar-refractivity contribution < 1.29 is 9.53 Å². The number of nitrogens with one attached hydrogen (secondary N) is 1. The minimum absolute atomic E-state index is 0.0144. The van der Waals surface area contributed by atoms with Crippen LogP contribution in [0.15, 0.2) is 0 Å². The van der Waals surface area contributed by atoms with Crippen molar-refractivity contribution >= 4 is 5.97 Å². The van der Waals surface area contributed by atoms with Gasteiger partial charge in [-0.05, 0) is 44.6 Å². The van der Waals surface area contributed by atoms with Crippen LogP contribution < -0.4 is 5.32 Å². The molecule has 0 spiro atoms. The maximum Gasteiger partial charge on any atom is 0.308 e. The lowest BCUT2D eigenvalue weighted by Gasteiger charge is -2.28. The monoisotopic (exact) mass is 253 g/mol. The van der Waals surface area contributed by atoms with Crippen LogP contribution >= 0.6 is 0 Å². The largest absolute Gasteiger partial charge is 0.469 e. The van der Waals surface area contributed by atoms with Gasteiger partial charge in [-0.2, -0.15) is 0 Å². The summed E-state index contributed by atoms with van der Waals surface area (Å²) in [6.07, 6.45) is 11.4. The van der Waals surface area contributed by atoms with E-state index in [-0.39, 0.29) is 11.9 Å². The van der Waals surface area contributed by atoms with Gasteiger partial charge in [0.2, 0.25) is 0 Å². The second kappa shape index (κ2) is 7.13. The predicted molar refractivity (Wildman–Crippen MR) is 72.3 cm³/mol. The highest BCUT2D eigenvalue weighted by Gasteiger charge is 2.26. The van der Waals surface area contributed by atoms with E-state index in [1.54, 1.807) is 0 Å². The summed E-state index contributed by atoms with van der Waals surface area (Å²) in [5, 5.41) is 3.67. The normalized spacial score (nSPS) is 29.4. The van der Waals surface area contributed by atoms with Gasteiger partial charge in [0.25, 0.3) is 0 Å². The summed E-state index contributed by atoms with van der Waals surface area (Å²) in [6, 6.07) is 0.632. The molecule has 0 unspecified atom stereocenters. The molecule has 0 amide bonds. The highest BCUT2D eigenvalue weighted by molar-refractivity contribution is 5.72. The molecule has 0 aromatic heterocycles. The van der Waals surface area contributed by atoms with E-state index in [9.17, 15) is 4.79 Å². The second-order valence-electron chi connectivity index (χ2n) is 5.96. The SMILES string of the molecule is COC(=O)C1CCC(NCCC2CCCC2)CC1. The van der Waals surface area contributed by atoms with Crippen molar-refractivity contribution in [3.8, 4) is 0 Å². The Hall–Kier alpha value is -0.570. The Morgan fingerprint density at radius 1 is 1.11 bits per heavy atom. The van der Waals surface area contributed by atoms with E-state index >= 15 is 0 Å². The molecule has 0 radical (unpaired) electrons. The third-order valence-electron chi connectivity index (χ3n) is 4.72. The topological polar surface area (TPSA) is 38.3 Å². The van der Waals surface area contributed by atoms with Crippen molar-refractivity contribution in [2.75, 3.05) is 13.7 Å². The van der Waals surface area contributed by atoms with Crippen molar-refractivity contribution in [1.29, 1.82) is 0 Å². The summed E-state index contributed by atoms with van der Waals surface area (Å²) in [5.41, 5.74) is 0. The molecule has 18 heavy (non-hydrogen) atoms. The molecule has 0 bridgehead atoms. The number of hydrogen-bond donors (Lipinski definition) is 1. The summed E-state index contributed by atoms with van der Waals surface area (Å²) in [4.78, 5) is 11.4. The Kier molecular flexibility index (Phi) is 5.48. The van der Waals surface area contributed by atoms with Gasteiger partial charge in [0.15, 0.2) is 0 Å². The third kappa shape index (κ3) is 3.98. The molecule has 0 aromatic rings. The van der Waals surface area contributed by atoms with Crippen LogP contribution in [0.25, 0.3) is 0 Å². The number of carbonyl (C=O) groups excluding carboxylic acids is 1. The molecule has 0 atom stereocenters. The van der Waals surface area contributed by atoms with Crippen LogP contribution in [-0.2, 0) is 9.53 Å². The molecule has 2 fully saturated rings. The van der Waals surface area contributed by atoms with Gasteiger partial charge in [0.05, 0.1) is 13.0 Å². The summed E-state index contributed by atoms with van der Waals surface area (Å²) in [6.45, 7) is 1.16. The highest BCUT2D eigenvalue weighted by Crippen LogP contribution is 2.28. The smallest absolute Gasteiger partial charge is 0.308 e. The fraction of sp³-hybridized carbons (Fsp3) is 0.933. The predicted octanol–water partition coefficient (Wildman–Crippen LogP) is 2.89. The molecule has 3 heteroatoms. The number of esters is 1. The van der Waals surface area contributed by atoms with Crippen LogP contribution in [0.2, 0.25) is 0 Å². The molecule has 0 heterocycles. The number of hydrogen-bond acceptors (Lipinski definition) is 3. The van der Waals surface area contributed by atoms with E-state index in [1.807, 2.05) is 0 Å². The van der Waals surface area contributed by atoms with E-state index in [1.165, 1.54) is 39.2 Å². The van der Waals surface area contributed by atoms with Crippen LogP contribution in [0.4, 0.5) is 0 Å². The Morgan fingerprint density at radius 2 is 1.78 bits per heavy atom. The number of rotatable bonds is 5. The van der Waals surface area contributed by atoms with Gasteiger partial charge >= 0.3 is 5.97 Å². The molecular formula is C15H27NO2. The van der Waals surface area contributed by atoms with Gasteiger partial charge in [0, 0.05) is 6.04 Å². The average Bonchev–Trinajstić information content (AvgIpc) is 2.92. The van der Waals surface area contributed by atoms with Crippen LogP contribution in [0, 0.1) is 11.8 Å². The van der Waals surface area contributed by atoms with Crippen molar-refractivity contribution in [2.45, 2.75) is 63.8 Å². The fourth-order valence-electron chi connectivity index (χ4n) is 3.49. The maximum atomic E-state index is 11.4. The first-order valence-corrected chi connectivity index (χ1v) is 7.61. The molecule has 104 valence electrons. The lowest BCUT2D eigenvalue weighted by Crippen LogP contribution is -2.36. The van der Waals surface area contributed by atoms with E-state index in [4.69, 9.17) is 4.74 Å². The summed E-state index contributed by atoms with van der Waals surface area (Å²) in [7, 11) is 1.49. The van der Waals surface area contributed by atoms with Gasteiger partial charge < -0.3 is 10.1 Å². The van der Waals surface area contributed by atoms with Crippen molar-refractivity contribution in [2.24, 2.45) is 11.8 Å². The molecule has 0 saturated heterocycles. The van der Waals surface area contributed by atoms with Crippen LogP contribution in [0.1, 0.15) is 57.8 Å². The first-order valence-electron chi connectivity index (χ1n) is 7.61. The van der Waals surface area contributed by atoms with Crippen LogP contribution in [-0.4, -0.2) is 25.7 Å². The molecule has 2 rings (SSSR count). The Bertz CT molecular complexity index is 253. The van der Waals surface area contributed by atoms with Gasteiger partial charge in [-0.25, -0.2) is 0 Å². The highest BCUT2D eigenvalue weighted by atomic mass is 16.5. The standard InChI is InChI=1S/C15H27NO2/c1-18-15(17)13-6-8-14(9-7-13)16-11-10-12-4-2-3-5-12/h12-14,16H,2-11H2,1H3. The molecule has 2 aliphatic rings. The minimum Gasteiger partial charge on any atom is -0.469 e. The summed E-state index contributed by atoms with van der Waals surface area (Å²) >= 11 is 0. The molecule has 2 saturated carbocycles. The first kappa shape index (κ1) is 13.9. The van der Waals surface area contributed by atoms with Gasteiger partial charge in [-0.1, -0.05) is 25.7 Å². The van der Waals surface area contributed by atoms with E-state index in [0.29, 0.717) is 6.04 Å². The maximum absolute atomic E-state index is 11.4. The molecule has 1 N–H and O–H groups in total. The number of methoxy groups -OCH3 is 1. The Labute approximate surface area is 111 Å². The average molecular weight is 253 g/mol. The first-order chi connectivity index (χ1) is 8.79. The minimum atomic E-state index is -0.0144. The van der Waals surface area contributed by atoms with Gasteiger partial charge in [-0.3, -0.25) is 4.79 Å². The van der Waals surface area contributed by atoms with E-state index in [2.05, 4.69) is 5.32 Å². The number of ether oxygens (including phenoxy) is 1. The molecule has 0 aliphatic heterocycles. The fourth-order valence-corrected chi connectivity index (χ4v) is 3.49. The zero-order valence-electron chi connectivity index (χ0n) is 11.6. The lowest BCUT2D eigenvalue weighted by molar-refractivity contribution is -0.146. The molecule has 3 nitrogen and oxygen atoms in total. The third-order valence-corrected chi connectivity index (χ3v) is 4.72. The lowest BCUT2D eigenvalue weighted by atomic mass is 9.86.